The summed E-state index contributed by atoms with van der Waals surface area (Å²) in [4.78, 5) is 12.3. The van der Waals surface area contributed by atoms with Gasteiger partial charge in [-0.15, -0.1) is 0 Å². The lowest BCUT2D eigenvalue weighted by molar-refractivity contribution is -0.126. The molecule has 1 unspecified atom stereocenters. The zero-order valence-corrected chi connectivity index (χ0v) is 10.9. The van der Waals surface area contributed by atoms with Crippen LogP contribution < -0.4 is 5.32 Å². The standard InChI is InChI=1S/C13H21N3O/c1-4-10-7-11(16(3)15-10)8-12(17)13(2)5-6-14-9-13/h7,14H,4-6,8-9H2,1-3H3. The summed E-state index contributed by atoms with van der Waals surface area (Å²) in [6, 6.07) is 2.05. The van der Waals surface area contributed by atoms with Crippen LogP contribution in [0.2, 0.25) is 0 Å². The maximum absolute atomic E-state index is 12.3. The Labute approximate surface area is 102 Å². The molecule has 0 bridgehead atoms. The van der Waals surface area contributed by atoms with Crippen LogP contribution in [0, 0.1) is 5.41 Å². The SMILES string of the molecule is CCc1cc(CC(=O)C2(C)CCNC2)n(C)n1. The Balaban J connectivity index is 2.09. The molecule has 1 N–H and O–H groups in total. The lowest BCUT2D eigenvalue weighted by atomic mass is 9.83. The molecule has 0 radical (unpaired) electrons. The van der Waals surface area contributed by atoms with E-state index in [0.717, 1.165) is 37.3 Å². The third-order valence-corrected chi connectivity index (χ3v) is 3.77. The predicted octanol–water partition coefficient (Wildman–Crippen LogP) is 1.09. The van der Waals surface area contributed by atoms with Gasteiger partial charge in [0.15, 0.2) is 0 Å². The van der Waals surface area contributed by atoms with Crippen molar-refractivity contribution in [2.75, 3.05) is 13.1 Å². The van der Waals surface area contributed by atoms with E-state index in [1.165, 1.54) is 0 Å². The van der Waals surface area contributed by atoms with Crippen LogP contribution in [0.25, 0.3) is 0 Å². The summed E-state index contributed by atoms with van der Waals surface area (Å²) in [7, 11) is 1.91. The van der Waals surface area contributed by atoms with E-state index in [1.54, 1.807) is 0 Å². The number of aromatic nitrogens is 2. The van der Waals surface area contributed by atoms with Crippen LogP contribution in [-0.2, 0) is 24.7 Å². The lowest BCUT2D eigenvalue weighted by Crippen LogP contribution is -2.32. The first kappa shape index (κ1) is 12.3. The van der Waals surface area contributed by atoms with Crippen LogP contribution in [0.3, 0.4) is 0 Å². The molecule has 4 nitrogen and oxygen atoms in total. The second-order valence-corrected chi connectivity index (χ2v) is 5.19. The molecular formula is C13H21N3O. The van der Waals surface area contributed by atoms with Crippen molar-refractivity contribution in [3.63, 3.8) is 0 Å². The second-order valence-electron chi connectivity index (χ2n) is 5.19. The summed E-state index contributed by atoms with van der Waals surface area (Å²) in [6.45, 7) is 5.90. The van der Waals surface area contributed by atoms with Crippen molar-refractivity contribution in [2.24, 2.45) is 12.5 Å². The molecule has 0 saturated carbocycles. The molecule has 1 aliphatic heterocycles. The fraction of sp³-hybridized carbons (Fsp3) is 0.692. The molecule has 0 aromatic carbocycles. The molecule has 17 heavy (non-hydrogen) atoms. The Hall–Kier alpha value is -1.16. The van der Waals surface area contributed by atoms with E-state index in [1.807, 2.05) is 17.8 Å². The second kappa shape index (κ2) is 4.61. The minimum atomic E-state index is -0.184. The molecule has 2 heterocycles. The summed E-state index contributed by atoms with van der Waals surface area (Å²) >= 11 is 0. The van der Waals surface area contributed by atoms with E-state index in [4.69, 9.17) is 0 Å². The molecule has 1 fully saturated rings. The van der Waals surface area contributed by atoms with Gasteiger partial charge < -0.3 is 5.32 Å². The molecule has 94 valence electrons. The van der Waals surface area contributed by atoms with Gasteiger partial charge in [-0.3, -0.25) is 9.48 Å². The number of nitrogens with zero attached hydrogens (tertiary/aromatic N) is 2. The highest BCUT2D eigenvalue weighted by atomic mass is 16.1. The highest BCUT2D eigenvalue weighted by Crippen LogP contribution is 2.27. The van der Waals surface area contributed by atoms with Gasteiger partial charge in [-0.1, -0.05) is 13.8 Å². The number of carbonyl (C=O) groups is 1. The molecule has 1 saturated heterocycles. The highest BCUT2D eigenvalue weighted by Gasteiger charge is 2.36. The van der Waals surface area contributed by atoms with Crippen molar-refractivity contribution in [1.29, 1.82) is 0 Å². The number of carbonyl (C=O) groups excluding carboxylic acids is 1. The molecule has 1 aromatic heterocycles. The zero-order valence-electron chi connectivity index (χ0n) is 10.9. The molecule has 0 amide bonds. The summed E-state index contributed by atoms with van der Waals surface area (Å²) in [5, 5.41) is 7.65. The average molecular weight is 235 g/mol. The third-order valence-electron chi connectivity index (χ3n) is 3.77. The predicted molar refractivity (Wildman–Crippen MR) is 66.9 cm³/mol. The minimum absolute atomic E-state index is 0.184. The normalized spacial score (nSPS) is 24.2. The van der Waals surface area contributed by atoms with Crippen LogP contribution >= 0.6 is 0 Å². The molecule has 0 aliphatic carbocycles. The van der Waals surface area contributed by atoms with Crippen molar-refractivity contribution in [1.82, 2.24) is 15.1 Å². The van der Waals surface area contributed by atoms with Gasteiger partial charge in [-0.2, -0.15) is 5.10 Å². The smallest absolute Gasteiger partial charge is 0.145 e. The fourth-order valence-corrected chi connectivity index (χ4v) is 2.34. The van der Waals surface area contributed by atoms with Gasteiger partial charge in [0.05, 0.1) is 5.69 Å². The van der Waals surface area contributed by atoms with E-state index in [0.29, 0.717) is 12.2 Å². The van der Waals surface area contributed by atoms with Crippen molar-refractivity contribution < 1.29 is 4.79 Å². The molecular weight excluding hydrogens is 214 g/mol. The van der Waals surface area contributed by atoms with Gasteiger partial charge in [0.2, 0.25) is 0 Å². The Morgan fingerprint density at radius 3 is 2.94 bits per heavy atom. The highest BCUT2D eigenvalue weighted by molar-refractivity contribution is 5.86. The molecule has 1 aliphatic rings. The molecule has 0 spiro atoms. The van der Waals surface area contributed by atoms with E-state index in [9.17, 15) is 4.79 Å². The maximum Gasteiger partial charge on any atom is 0.145 e. The van der Waals surface area contributed by atoms with Gasteiger partial charge >= 0.3 is 0 Å². The van der Waals surface area contributed by atoms with Crippen LogP contribution in [-0.4, -0.2) is 28.7 Å². The molecule has 4 heteroatoms. The number of hydrogen-bond acceptors (Lipinski definition) is 3. The van der Waals surface area contributed by atoms with Crippen LogP contribution in [0.15, 0.2) is 6.07 Å². The average Bonchev–Trinajstić information content (AvgIpc) is 2.87. The van der Waals surface area contributed by atoms with Gasteiger partial charge in [0, 0.05) is 31.1 Å². The molecule has 1 atom stereocenters. The number of nitrogens with one attached hydrogen (secondary N) is 1. The maximum atomic E-state index is 12.3. The molecule has 1 aromatic rings. The van der Waals surface area contributed by atoms with Crippen molar-refractivity contribution >= 4 is 5.78 Å². The Bertz CT molecular complexity index is 416. The number of ketones is 1. The number of rotatable bonds is 4. The van der Waals surface area contributed by atoms with E-state index < -0.39 is 0 Å². The van der Waals surface area contributed by atoms with Gasteiger partial charge in [-0.05, 0) is 25.5 Å². The number of aryl methyl sites for hydroxylation is 2. The Morgan fingerprint density at radius 1 is 1.65 bits per heavy atom. The van der Waals surface area contributed by atoms with Crippen molar-refractivity contribution in [2.45, 2.75) is 33.1 Å². The van der Waals surface area contributed by atoms with E-state index >= 15 is 0 Å². The number of Topliss-reactive ketones (excluding diaryl/α,β-unsaturated/α-hetero) is 1. The van der Waals surface area contributed by atoms with Crippen molar-refractivity contribution in [3.8, 4) is 0 Å². The van der Waals surface area contributed by atoms with Gasteiger partial charge in [0.1, 0.15) is 5.78 Å². The largest absolute Gasteiger partial charge is 0.316 e. The van der Waals surface area contributed by atoms with Crippen LogP contribution in [0.1, 0.15) is 31.7 Å². The van der Waals surface area contributed by atoms with Gasteiger partial charge in [-0.25, -0.2) is 0 Å². The summed E-state index contributed by atoms with van der Waals surface area (Å²) in [5.41, 5.74) is 1.90. The topological polar surface area (TPSA) is 46.9 Å². The first-order valence-electron chi connectivity index (χ1n) is 6.31. The summed E-state index contributed by atoms with van der Waals surface area (Å²) < 4.78 is 1.84. The van der Waals surface area contributed by atoms with Crippen LogP contribution in [0.5, 0.6) is 0 Å². The fourth-order valence-electron chi connectivity index (χ4n) is 2.34. The van der Waals surface area contributed by atoms with Gasteiger partial charge in [0.25, 0.3) is 0 Å². The van der Waals surface area contributed by atoms with E-state index in [2.05, 4.69) is 24.3 Å². The lowest BCUT2D eigenvalue weighted by Gasteiger charge is -2.20. The quantitative estimate of drug-likeness (QED) is 0.850. The van der Waals surface area contributed by atoms with Crippen LogP contribution in [0.4, 0.5) is 0 Å². The van der Waals surface area contributed by atoms with E-state index in [-0.39, 0.29) is 5.41 Å². The van der Waals surface area contributed by atoms with Crippen molar-refractivity contribution in [3.05, 3.63) is 17.5 Å². The Morgan fingerprint density at radius 2 is 2.41 bits per heavy atom. The summed E-state index contributed by atoms with van der Waals surface area (Å²) in [5.74, 6) is 0.327. The minimum Gasteiger partial charge on any atom is -0.316 e. The first-order chi connectivity index (χ1) is 8.05. The first-order valence-corrected chi connectivity index (χ1v) is 6.31. The third kappa shape index (κ3) is 2.41. The zero-order chi connectivity index (χ0) is 12.5. The monoisotopic (exact) mass is 235 g/mol. The Kier molecular flexibility index (Phi) is 3.33. The summed E-state index contributed by atoms with van der Waals surface area (Å²) in [6.07, 6.45) is 2.37. The number of hydrogen-bond donors (Lipinski definition) is 1. The molecule has 2 rings (SSSR count).